The maximum atomic E-state index is 13.3. The summed E-state index contributed by atoms with van der Waals surface area (Å²) in [7, 11) is 0. The van der Waals surface area contributed by atoms with Crippen LogP contribution in [0.3, 0.4) is 0 Å². The summed E-state index contributed by atoms with van der Waals surface area (Å²) in [5.41, 5.74) is 6.07. The Morgan fingerprint density at radius 3 is 2.34 bits per heavy atom. The van der Waals surface area contributed by atoms with Crippen molar-refractivity contribution in [3.63, 3.8) is 0 Å². The Kier molecular flexibility index (Phi) is 7.82. The number of anilines is 1. The Labute approximate surface area is 225 Å². The first-order chi connectivity index (χ1) is 18.3. The van der Waals surface area contributed by atoms with E-state index in [2.05, 4.69) is 79.5 Å². The molecule has 0 spiro atoms. The van der Waals surface area contributed by atoms with Gasteiger partial charge in [-0.2, -0.15) is 0 Å². The number of rotatable bonds is 6. The van der Waals surface area contributed by atoms with Crippen molar-refractivity contribution in [2.75, 3.05) is 44.8 Å². The van der Waals surface area contributed by atoms with Crippen LogP contribution in [0.5, 0.6) is 11.5 Å². The lowest BCUT2D eigenvalue weighted by Crippen LogP contribution is -2.35. The lowest BCUT2D eigenvalue weighted by molar-refractivity contribution is -0.111. The zero-order valence-electron chi connectivity index (χ0n) is 22.5. The number of morpholine rings is 1. The van der Waals surface area contributed by atoms with Crippen LogP contribution in [0.15, 0.2) is 72.8 Å². The van der Waals surface area contributed by atoms with Gasteiger partial charge in [-0.05, 0) is 51.4 Å². The highest BCUT2D eigenvalue weighted by Gasteiger charge is 2.17. The molecule has 0 radical (unpaired) electrons. The van der Waals surface area contributed by atoms with Gasteiger partial charge < -0.3 is 19.5 Å². The molecular formula is C32H36N2O4. The van der Waals surface area contributed by atoms with Crippen molar-refractivity contribution in [3.05, 3.63) is 95.1 Å². The van der Waals surface area contributed by atoms with Crippen LogP contribution in [0.4, 0.5) is 5.69 Å². The Balaban J connectivity index is 1.44. The van der Waals surface area contributed by atoms with Gasteiger partial charge in [0, 0.05) is 37.5 Å². The molecule has 2 heterocycles. The van der Waals surface area contributed by atoms with Crippen molar-refractivity contribution in [2.24, 2.45) is 0 Å². The predicted molar refractivity (Wildman–Crippen MR) is 151 cm³/mol. The lowest BCUT2D eigenvalue weighted by Gasteiger charge is -2.26. The minimum absolute atomic E-state index is 0.0517. The van der Waals surface area contributed by atoms with E-state index in [1.54, 1.807) is 12.1 Å². The average molecular weight is 513 g/mol. The van der Waals surface area contributed by atoms with Crippen LogP contribution in [0.25, 0.3) is 5.57 Å². The first-order valence-electron chi connectivity index (χ1n) is 13.3. The molecule has 0 bridgehead atoms. The molecule has 5 rings (SSSR count). The van der Waals surface area contributed by atoms with Crippen LogP contribution < -0.4 is 14.8 Å². The molecule has 6 heteroatoms. The maximum Gasteiger partial charge on any atom is 0.249 e. The second-order valence-corrected chi connectivity index (χ2v) is 10.8. The quantitative estimate of drug-likeness (QED) is 0.432. The van der Waals surface area contributed by atoms with E-state index in [0.717, 1.165) is 49.5 Å². The molecule has 3 aromatic carbocycles. The van der Waals surface area contributed by atoms with E-state index in [1.807, 2.05) is 12.1 Å². The van der Waals surface area contributed by atoms with Gasteiger partial charge in [-0.25, -0.2) is 0 Å². The normalized spacial score (nSPS) is 16.2. The summed E-state index contributed by atoms with van der Waals surface area (Å²) >= 11 is 0. The Hall–Kier alpha value is -3.61. The molecule has 0 saturated carbocycles. The Morgan fingerprint density at radius 2 is 1.61 bits per heavy atom. The topological polar surface area (TPSA) is 60.0 Å². The van der Waals surface area contributed by atoms with E-state index in [0.29, 0.717) is 30.4 Å². The molecule has 2 aliphatic heterocycles. The summed E-state index contributed by atoms with van der Waals surface area (Å²) in [4.78, 5) is 15.7. The van der Waals surface area contributed by atoms with Gasteiger partial charge >= 0.3 is 0 Å². The Morgan fingerprint density at radius 1 is 0.868 bits per heavy atom. The molecule has 1 saturated heterocycles. The Bertz CT molecular complexity index is 1300. The van der Waals surface area contributed by atoms with Gasteiger partial charge in [-0.3, -0.25) is 9.69 Å². The number of amides is 1. The van der Waals surface area contributed by atoms with E-state index >= 15 is 0 Å². The third-order valence-corrected chi connectivity index (χ3v) is 6.89. The molecule has 198 valence electrons. The zero-order chi connectivity index (χ0) is 26.5. The molecule has 3 aromatic rings. The second kappa shape index (κ2) is 11.4. The molecule has 1 N–H and O–H groups in total. The van der Waals surface area contributed by atoms with Crippen LogP contribution in [0.1, 0.15) is 43.0 Å². The first kappa shape index (κ1) is 26.0. The molecule has 0 aromatic heterocycles. The van der Waals surface area contributed by atoms with Gasteiger partial charge in [0.15, 0.2) is 11.5 Å². The van der Waals surface area contributed by atoms with Crippen molar-refractivity contribution >= 4 is 17.2 Å². The van der Waals surface area contributed by atoms with Crippen molar-refractivity contribution < 1.29 is 19.0 Å². The molecule has 0 unspecified atom stereocenters. The predicted octanol–water partition coefficient (Wildman–Crippen LogP) is 5.66. The van der Waals surface area contributed by atoms with E-state index < -0.39 is 0 Å². The fraction of sp³-hybridized carbons (Fsp3) is 0.344. The second-order valence-electron chi connectivity index (χ2n) is 10.8. The highest BCUT2D eigenvalue weighted by Crippen LogP contribution is 2.33. The number of hydrogen-bond donors (Lipinski definition) is 1. The SMILES string of the molecule is CC(C)(C)c1ccc(C(=CC(=O)Nc2ccc3c(c2)OCCO3)c2cccc(CN3CCOCC3)c2)cc1. The maximum absolute atomic E-state index is 13.3. The molecule has 1 fully saturated rings. The summed E-state index contributed by atoms with van der Waals surface area (Å²) < 4.78 is 16.8. The number of hydrogen-bond acceptors (Lipinski definition) is 5. The molecule has 0 atom stereocenters. The minimum Gasteiger partial charge on any atom is -0.486 e. The number of benzene rings is 3. The average Bonchev–Trinajstić information content (AvgIpc) is 2.92. The number of fused-ring (bicyclic) bond motifs is 1. The van der Waals surface area contributed by atoms with Crippen LogP contribution in [-0.2, 0) is 21.5 Å². The van der Waals surface area contributed by atoms with Crippen molar-refractivity contribution in [1.29, 1.82) is 0 Å². The van der Waals surface area contributed by atoms with Crippen LogP contribution in [0.2, 0.25) is 0 Å². The van der Waals surface area contributed by atoms with Gasteiger partial charge in [-0.15, -0.1) is 0 Å². The van der Waals surface area contributed by atoms with E-state index in [1.165, 1.54) is 11.1 Å². The van der Waals surface area contributed by atoms with Gasteiger partial charge in [-0.1, -0.05) is 63.2 Å². The molecular weight excluding hydrogens is 476 g/mol. The first-order valence-corrected chi connectivity index (χ1v) is 13.3. The number of ether oxygens (including phenoxy) is 3. The lowest BCUT2D eigenvalue weighted by atomic mass is 9.85. The summed E-state index contributed by atoms with van der Waals surface area (Å²) in [5, 5.41) is 3.00. The van der Waals surface area contributed by atoms with Crippen molar-refractivity contribution in [3.8, 4) is 11.5 Å². The zero-order valence-corrected chi connectivity index (χ0v) is 22.5. The number of carbonyl (C=O) groups excluding carboxylic acids is 1. The largest absolute Gasteiger partial charge is 0.486 e. The smallest absolute Gasteiger partial charge is 0.249 e. The highest BCUT2D eigenvalue weighted by atomic mass is 16.6. The number of carbonyl (C=O) groups is 1. The summed E-state index contributed by atoms with van der Waals surface area (Å²) in [6, 6.07) is 22.5. The summed E-state index contributed by atoms with van der Waals surface area (Å²) in [6.07, 6.45) is 1.69. The summed E-state index contributed by atoms with van der Waals surface area (Å²) in [5.74, 6) is 1.14. The third kappa shape index (κ3) is 6.44. The highest BCUT2D eigenvalue weighted by molar-refractivity contribution is 6.06. The summed E-state index contributed by atoms with van der Waals surface area (Å²) in [6.45, 7) is 11.9. The third-order valence-electron chi connectivity index (χ3n) is 6.89. The fourth-order valence-corrected chi connectivity index (χ4v) is 4.77. The monoisotopic (exact) mass is 512 g/mol. The van der Waals surface area contributed by atoms with Gasteiger partial charge in [0.2, 0.25) is 5.91 Å². The van der Waals surface area contributed by atoms with Crippen LogP contribution in [0, 0.1) is 0 Å². The van der Waals surface area contributed by atoms with E-state index in [9.17, 15) is 4.79 Å². The van der Waals surface area contributed by atoms with E-state index in [4.69, 9.17) is 14.2 Å². The number of nitrogens with one attached hydrogen (secondary N) is 1. The fourth-order valence-electron chi connectivity index (χ4n) is 4.77. The van der Waals surface area contributed by atoms with Gasteiger partial charge in [0.25, 0.3) is 0 Å². The van der Waals surface area contributed by atoms with Crippen LogP contribution in [-0.4, -0.2) is 50.3 Å². The molecule has 38 heavy (non-hydrogen) atoms. The van der Waals surface area contributed by atoms with Crippen LogP contribution >= 0.6 is 0 Å². The van der Waals surface area contributed by atoms with Gasteiger partial charge in [0.05, 0.1) is 13.2 Å². The van der Waals surface area contributed by atoms with Crippen molar-refractivity contribution in [2.45, 2.75) is 32.7 Å². The van der Waals surface area contributed by atoms with Crippen molar-refractivity contribution in [1.82, 2.24) is 4.90 Å². The molecule has 0 aliphatic carbocycles. The molecule has 1 amide bonds. The molecule has 6 nitrogen and oxygen atoms in total. The van der Waals surface area contributed by atoms with E-state index in [-0.39, 0.29) is 11.3 Å². The molecule has 2 aliphatic rings. The number of nitrogens with zero attached hydrogens (tertiary/aromatic N) is 1. The van der Waals surface area contributed by atoms with Gasteiger partial charge in [0.1, 0.15) is 13.2 Å². The standard InChI is InChI=1S/C32H36N2O4/c1-32(2,3)26-9-7-24(8-10-26)28(25-6-4-5-23(19-25)22-34-13-15-36-16-14-34)21-31(35)33-27-11-12-29-30(20-27)38-18-17-37-29/h4-12,19-21H,13-18,22H2,1-3H3,(H,33,35). The minimum atomic E-state index is -0.199.